The summed E-state index contributed by atoms with van der Waals surface area (Å²) >= 11 is 0. The minimum atomic E-state index is -3.23. The molecule has 0 aromatic rings. The van der Waals surface area contributed by atoms with Crippen molar-refractivity contribution >= 4 is 10.0 Å². The van der Waals surface area contributed by atoms with E-state index in [1.54, 1.807) is 0 Å². The molecule has 0 amide bonds. The Bertz CT molecular complexity index is 804. The van der Waals surface area contributed by atoms with Crippen molar-refractivity contribution in [1.29, 1.82) is 0 Å². The Labute approximate surface area is 208 Å². The van der Waals surface area contributed by atoms with E-state index in [0.29, 0.717) is 41.9 Å². The SMILES string of the molecule is COC1CCC(C2NC3CCCCC3C3C2C2CCCCC2N3S(=O)(=O)C2CCCCC2)CC1. The monoisotopic (exact) mass is 492 g/mol. The molecule has 0 aromatic heterocycles. The van der Waals surface area contributed by atoms with Gasteiger partial charge >= 0.3 is 0 Å². The molecule has 6 aliphatic rings. The molecule has 4 saturated carbocycles. The minimum Gasteiger partial charge on any atom is -0.381 e. The van der Waals surface area contributed by atoms with Gasteiger partial charge in [0.15, 0.2) is 0 Å². The lowest BCUT2D eigenvalue weighted by molar-refractivity contribution is 0.00624. The van der Waals surface area contributed by atoms with E-state index in [-0.39, 0.29) is 17.3 Å². The first kappa shape index (κ1) is 24.2. The van der Waals surface area contributed by atoms with Gasteiger partial charge in [-0.3, -0.25) is 0 Å². The first-order chi connectivity index (χ1) is 16.6. The van der Waals surface area contributed by atoms with Crippen molar-refractivity contribution in [3.63, 3.8) is 0 Å². The topological polar surface area (TPSA) is 58.6 Å². The van der Waals surface area contributed by atoms with Crippen LogP contribution in [0.1, 0.15) is 109 Å². The van der Waals surface area contributed by atoms with Gasteiger partial charge in [0.2, 0.25) is 10.0 Å². The maximum Gasteiger partial charge on any atom is 0.217 e. The molecule has 6 fully saturated rings. The molecule has 0 spiro atoms. The van der Waals surface area contributed by atoms with E-state index in [4.69, 9.17) is 4.74 Å². The van der Waals surface area contributed by atoms with Gasteiger partial charge in [-0.25, -0.2) is 8.42 Å². The zero-order valence-corrected chi connectivity index (χ0v) is 22.2. The number of fused-ring (bicyclic) bond motifs is 5. The highest BCUT2D eigenvalue weighted by Gasteiger charge is 2.62. The van der Waals surface area contributed by atoms with E-state index >= 15 is 0 Å². The maximum atomic E-state index is 14.4. The highest BCUT2D eigenvalue weighted by molar-refractivity contribution is 7.89. The lowest BCUT2D eigenvalue weighted by Crippen LogP contribution is -2.65. The molecule has 7 atom stereocenters. The predicted molar refractivity (Wildman–Crippen MR) is 136 cm³/mol. The van der Waals surface area contributed by atoms with E-state index < -0.39 is 10.0 Å². The smallest absolute Gasteiger partial charge is 0.217 e. The van der Waals surface area contributed by atoms with Crippen LogP contribution in [-0.4, -0.2) is 55.4 Å². The van der Waals surface area contributed by atoms with Crippen LogP contribution < -0.4 is 5.32 Å². The number of rotatable bonds is 4. The number of ether oxygens (including phenoxy) is 1. The van der Waals surface area contributed by atoms with Crippen molar-refractivity contribution in [2.24, 2.45) is 23.7 Å². The van der Waals surface area contributed by atoms with Crippen molar-refractivity contribution in [3.05, 3.63) is 0 Å². The zero-order valence-electron chi connectivity index (χ0n) is 21.4. The van der Waals surface area contributed by atoms with Crippen molar-refractivity contribution in [1.82, 2.24) is 9.62 Å². The van der Waals surface area contributed by atoms with Gasteiger partial charge in [-0.05, 0) is 87.9 Å². The fourth-order valence-corrected chi connectivity index (χ4v) is 12.2. The molecule has 2 heterocycles. The van der Waals surface area contributed by atoms with E-state index in [0.717, 1.165) is 32.1 Å². The molecular formula is C28H48N2O3S. The third-order valence-electron chi connectivity index (χ3n) is 11.2. The molecule has 6 rings (SSSR count). The number of piperidine rings is 1. The largest absolute Gasteiger partial charge is 0.381 e. The molecule has 2 aliphatic heterocycles. The Hall–Kier alpha value is -0.170. The second-order valence-corrected chi connectivity index (χ2v) is 14.9. The van der Waals surface area contributed by atoms with Crippen LogP contribution in [0.3, 0.4) is 0 Å². The summed E-state index contributed by atoms with van der Waals surface area (Å²) in [5.41, 5.74) is 0. The van der Waals surface area contributed by atoms with Gasteiger partial charge in [0, 0.05) is 31.3 Å². The van der Waals surface area contributed by atoms with E-state index in [2.05, 4.69) is 9.62 Å². The van der Waals surface area contributed by atoms with Crippen LogP contribution >= 0.6 is 0 Å². The van der Waals surface area contributed by atoms with Gasteiger partial charge in [0.05, 0.1) is 11.4 Å². The molecule has 6 heteroatoms. The summed E-state index contributed by atoms with van der Waals surface area (Å²) in [5, 5.41) is 4.14. The van der Waals surface area contributed by atoms with Crippen molar-refractivity contribution in [2.75, 3.05) is 7.11 Å². The predicted octanol–water partition coefficient (Wildman–Crippen LogP) is 5.24. The van der Waals surface area contributed by atoms with E-state index in [1.807, 2.05) is 7.11 Å². The van der Waals surface area contributed by atoms with E-state index in [1.165, 1.54) is 77.0 Å². The summed E-state index contributed by atoms with van der Waals surface area (Å²) in [5.74, 6) is 2.29. The minimum absolute atomic E-state index is 0.116. The summed E-state index contributed by atoms with van der Waals surface area (Å²) in [4.78, 5) is 0. The average Bonchev–Trinajstić information content (AvgIpc) is 3.25. The summed E-state index contributed by atoms with van der Waals surface area (Å²) in [6.45, 7) is 0. The highest BCUT2D eigenvalue weighted by atomic mass is 32.2. The number of hydrogen-bond acceptors (Lipinski definition) is 4. The van der Waals surface area contributed by atoms with Gasteiger partial charge in [0.1, 0.15) is 0 Å². The van der Waals surface area contributed by atoms with Crippen LogP contribution in [0.15, 0.2) is 0 Å². The van der Waals surface area contributed by atoms with Gasteiger partial charge in [0.25, 0.3) is 0 Å². The number of nitrogens with one attached hydrogen (secondary N) is 1. The Balaban J connectivity index is 1.37. The Kier molecular flexibility index (Phi) is 7.07. The molecule has 0 bridgehead atoms. The standard InChI is InChI=1S/C28H48N2O3S/c1-33-20-17-15-19(16-18-20)27-26-23-12-6-8-14-25(23)30(34(31,32)21-9-3-2-4-10-21)28(26)22-11-5-7-13-24(22)29-27/h19-29H,2-18H2,1H3. The van der Waals surface area contributed by atoms with Crippen molar-refractivity contribution in [3.8, 4) is 0 Å². The second-order valence-electron chi connectivity index (χ2n) is 12.7. The molecule has 0 radical (unpaired) electrons. The molecule has 1 N–H and O–H groups in total. The molecular weight excluding hydrogens is 444 g/mol. The highest BCUT2D eigenvalue weighted by Crippen LogP contribution is 2.55. The normalized spacial score (nSPS) is 46.4. The second kappa shape index (κ2) is 9.95. The lowest BCUT2D eigenvalue weighted by atomic mass is 9.62. The lowest BCUT2D eigenvalue weighted by Gasteiger charge is -2.53. The Morgan fingerprint density at radius 2 is 1.38 bits per heavy atom. The van der Waals surface area contributed by atoms with Crippen LogP contribution in [0.4, 0.5) is 0 Å². The molecule has 7 unspecified atom stereocenters. The van der Waals surface area contributed by atoms with Crippen LogP contribution in [0.25, 0.3) is 0 Å². The van der Waals surface area contributed by atoms with Crippen LogP contribution in [-0.2, 0) is 14.8 Å². The zero-order chi connectivity index (χ0) is 23.3. The molecule has 0 aromatic carbocycles. The van der Waals surface area contributed by atoms with Crippen molar-refractivity contribution in [2.45, 2.75) is 145 Å². The van der Waals surface area contributed by atoms with Gasteiger partial charge < -0.3 is 10.1 Å². The molecule has 2 saturated heterocycles. The first-order valence-corrected chi connectivity index (χ1v) is 16.4. The summed E-state index contributed by atoms with van der Waals surface area (Å²) in [7, 11) is -1.37. The Morgan fingerprint density at radius 1 is 0.735 bits per heavy atom. The number of sulfonamides is 1. The van der Waals surface area contributed by atoms with Crippen LogP contribution in [0.5, 0.6) is 0 Å². The maximum absolute atomic E-state index is 14.4. The first-order valence-electron chi connectivity index (χ1n) is 14.9. The van der Waals surface area contributed by atoms with Gasteiger partial charge in [-0.2, -0.15) is 4.31 Å². The summed E-state index contributed by atoms with van der Waals surface area (Å²) < 4.78 is 36.8. The Morgan fingerprint density at radius 3 is 2.12 bits per heavy atom. The molecule has 5 nitrogen and oxygen atoms in total. The van der Waals surface area contributed by atoms with Crippen LogP contribution in [0, 0.1) is 23.7 Å². The number of nitrogens with zero attached hydrogens (tertiary/aromatic N) is 1. The van der Waals surface area contributed by atoms with Gasteiger partial charge in [-0.15, -0.1) is 0 Å². The molecule has 194 valence electrons. The third-order valence-corrected chi connectivity index (χ3v) is 13.6. The van der Waals surface area contributed by atoms with Crippen LogP contribution in [0.2, 0.25) is 0 Å². The van der Waals surface area contributed by atoms with Gasteiger partial charge in [-0.1, -0.05) is 44.9 Å². The quantitative estimate of drug-likeness (QED) is 0.583. The molecule has 34 heavy (non-hydrogen) atoms. The summed E-state index contributed by atoms with van der Waals surface area (Å²) in [6.07, 6.45) is 20.3. The summed E-state index contributed by atoms with van der Waals surface area (Å²) in [6, 6.07) is 1.55. The fraction of sp³-hybridized carbons (Fsp3) is 1.00. The fourth-order valence-electron chi connectivity index (χ4n) is 9.66. The average molecular weight is 493 g/mol. The number of methoxy groups -OCH3 is 1. The van der Waals surface area contributed by atoms with Crippen molar-refractivity contribution < 1.29 is 13.2 Å². The molecule has 4 aliphatic carbocycles. The number of hydrogen-bond donors (Lipinski definition) is 1. The van der Waals surface area contributed by atoms with E-state index in [9.17, 15) is 8.42 Å². The third kappa shape index (κ3) is 4.11.